The summed E-state index contributed by atoms with van der Waals surface area (Å²) in [5.41, 5.74) is 4.06. The van der Waals surface area contributed by atoms with E-state index >= 15 is 0 Å². The van der Waals surface area contributed by atoms with E-state index in [0.29, 0.717) is 29.2 Å². The van der Waals surface area contributed by atoms with E-state index in [1.807, 2.05) is 12.1 Å². The van der Waals surface area contributed by atoms with Crippen molar-refractivity contribution in [2.45, 2.75) is 38.4 Å². The number of pyridine rings is 1. The van der Waals surface area contributed by atoms with Gasteiger partial charge < -0.3 is 20.1 Å². The minimum Gasteiger partial charge on any atom is -0.486 e. The first-order valence-corrected chi connectivity index (χ1v) is 10.5. The summed E-state index contributed by atoms with van der Waals surface area (Å²) in [5.74, 6) is -0.212. The molecule has 6 nitrogen and oxygen atoms in total. The van der Waals surface area contributed by atoms with Gasteiger partial charge in [0.15, 0.2) is 0 Å². The van der Waals surface area contributed by atoms with E-state index in [4.69, 9.17) is 9.72 Å². The number of aliphatic hydroxyl groups is 1. The molecule has 2 N–H and O–H groups in total. The van der Waals surface area contributed by atoms with Crippen LogP contribution in [0.1, 0.15) is 41.8 Å². The summed E-state index contributed by atoms with van der Waals surface area (Å²) in [6.45, 7) is 3.05. The number of halogens is 1. The molecule has 7 heteroatoms. The Labute approximate surface area is 174 Å². The van der Waals surface area contributed by atoms with Gasteiger partial charge in [0.2, 0.25) is 0 Å². The first kappa shape index (κ1) is 19.2. The number of aliphatic hydroxyl groups excluding tert-OH is 1. The maximum absolute atomic E-state index is 13.7. The quantitative estimate of drug-likeness (QED) is 0.760. The number of carbonyl (C=O) groups excluding carboxylic acids is 1. The van der Waals surface area contributed by atoms with E-state index in [-0.39, 0.29) is 12.0 Å². The topological polar surface area (TPSA) is 74.7 Å². The van der Waals surface area contributed by atoms with Gasteiger partial charge in [0, 0.05) is 29.1 Å². The van der Waals surface area contributed by atoms with Gasteiger partial charge >= 0.3 is 0 Å². The number of fused-ring (bicyclic) bond motifs is 2. The number of likely N-dealkylation sites (tertiary alicyclic amines) is 1. The van der Waals surface area contributed by atoms with Crippen LogP contribution in [0.5, 0.6) is 0 Å². The number of amides is 1. The van der Waals surface area contributed by atoms with E-state index in [2.05, 4.69) is 10.2 Å². The first-order valence-electron chi connectivity index (χ1n) is 10.5. The number of hydrogen-bond donors (Lipinski definition) is 2. The number of anilines is 1. The molecule has 0 aliphatic carbocycles. The number of aromatic nitrogens is 1. The molecule has 5 rings (SSSR count). The molecule has 0 saturated carbocycles. The van der Waals surface area contributed by atoms with Gasteiger partial charge in [-0.3, -0.25) is 9.78 Å². The Morgan fingerprint density at radius 2 is 2.17 bits per heavy atom. The van der Waals surface area contributed by atoms with Gasteiger partial charge in [0.1, 0.15) is 18.2 Å². The highest BCUT2D eigenvalue weighted by atomic mass is 19.1. The number of nitrogens with zero attached hydrogens (tertiary/aromatic N) is 2. The summed E-state index contributed by atoms with van der Waals surface area (Å²) in [6, 6.07) is 8.17. The zero-order valence-corrected chi connectivity index (χ0v) is 16.7. The zero-order valence-electron chi connectivity index (χ0n) is 16.7. The van der Waals surface area contributed by atoms with Gasteiger partial charge in [0.05, 0.1) is 17.4 Å². The molecule has 0 spiro atoms. The second-order valence-corrected chi connectivity index (χ2v) is 8.13. The highest BCUT2D eigenvalue weighted by molar-refractivity contribution is 6.36. The number of carbonyl (C=O) groups is 1. The van der Waals surface area contributed by atoms with Crippen molar-refractivity contribution < 1.29 is 19.0 Å². The number of β-amino-alcohol motifs (C(OH)–C–C–N with tert-alkyl or cyclic N) is 1. The second kappa shape index (κ2) is 7.81. The van der Waals surface area contributed by atoms with Crippen molar-refractivity contribution in [3.63, 3.8) is 0 Å². The van der Waals surface area contributed by atoms with Crippen LogP contribution >= 0.6 is 0 Å². The summed E-state index contributed by atoms with van der Waals surface area (Å²) in [4.78, 5) is 19.6. The van der Waals surface area contributed by atoms with Crippen molar-refractivity contribution >= 4 is 22.9 Å². The average molecular weight is 409 g/mol. The molecule has 156 valence electrons. The van der Waals surface area contributed by atoms with Crippen molar-refractivity contribution in [1.29, 1.82) is 0 Å². The molecule has 0 radical (unpaired) electrons. The molecule has 30 heavy (non-hydrogen) atoms. The fourth-order valence-corrected chi connectivity index (χ4v) is 4.51. The predicted octanol–water partition coefficient (Wildman–Crippen LogP) is 2.96. The van der Waals surface area contributed by atoms with Crippen molar-refractivity contribution in [2.24, 2.45) is 0 Å². The van der Waals surface area contributed by atoms with Crippen LogP contribution in [-0.4, -0.2) is 46.6 Å². The van der Waals surface area contributed by atoms with E-state index < -0.39 is 5.82 Å². The molecule has 4 heterocycles. The van der Waals surface area contributed by atoms with Gasteiger partial charge in [-0.1, -0.05) is 0 Å². The lowest BCUT2D eigenvalue weighted by molar-refractivity contribution is -0.110. The number of piperidine rings is 1. The average Bonchev–Trinajstić information content (AvgIpc) is 3.27. The van der Waals surface area contributed by atoms with Crippen molar-refractivity contribution in [3.05, 3.63) is 58.7 Å². The van der Waals surface area contributed by atoms with Gasteiger partial charge in [-0.25, -0.2) is 4.39 Å². The summed E-state index contributed by atoms with van der Waals surface area (Å²) >= 11 is 0. The normalized spacial score (nSPS) is 23.1. The third kappa shape index (κ3) is 3.59. The largest absolute Gasteiger partial charge is 0.486 e. The van der Waals surface area contributed by atoms with Crippen LogP contribution in [0.4, 0.5) is 10.1 Å². The van der Waals surface area contributed by atoms with Gasteiger partial charge in [-0.2, -0.15) is 0 Å². The Morgan fingerprint density at radius 3 is 3.03 bits per heavy atom. The number of nitrogens with one attached hydrogen (secondary N) is 1. The lowest BCUT2D eigenvalue weighted by atomic mass is 10.0. The summed E-state index contributed by atoms with van der Waals surface area (Å²) in [5, 5.41) is 12.6. The predicted molar refractivity (Wildman–Crippen MR) is 111 cm³/mol. The van der Waals surface area contributed by atoms with Crippen molar-refractivity contribution in [1.82, 2.24) is 9.88 Å². The van der Waals surface area contributed by atoms with E-state index in [1.165, 1.54) is 12.1 Å². The molecule has 1 unspecified atom stereocenters. The zero-order chi connectivity index (χ0) is 20.7. The third-order valence-corrected chi connectivity index (χ3v) is 5.97. The third-order valence-electron chi connectivity index (χ3n) is 5.97. The SMILES string of the molecule is O=C1Nc2ccc(F)cc2C1=C1OCc2nc(CCCN3CCCC(O)C3)ccc21. The van der Waals surface area contributed by atoms with Crippen LogP contribution < -0.4 is 5.32 Å². The molecular weight excluding hydrogens is 385 g/mol. The fraction of sp³-hybridized carbons (Fsp3) is 0.391. The number of rotatable bonds is 4. The molecule has 3 aliphatic rings. The van der Waals surface area contributed by atoms with Crippen molar-refractivity contribution in [3.8, 4) is 0 Å². The molecule has 1 atom stereocenters. The first-order chi connectivity index (χ1) is 14.6. The molecule has 3 aliphatic heterocycles. The minimum absolute atomic E-state index is 0.202. The summed E-state index contributed by atoms with van der Waals surface area (Å²) < 4.78 is 19.6. The van der Waals surface area contributed by atoms with Gasteiger partial charge in [0.25, 0.3) is 5.91 Å². The standard InChI is InChI=1S/C23H24FN3O3/c24-14-5-8-19-18(11-14)21(23(29)26-19)22-17-7-6-15(25-20(17)13-30-22)3-1-9-27-10-2-4-16(28)12-27/h5-8,11,16,28H,1-4,9-10,12-13H2,(H,26,29). The number of benzene rings is 1. The lowest BCUT2D eigenvalue weighted by Gasteiger charge is -2.29. The Kier molecular flexibility index (Phi) is 5.00. The Morgan fingerprint density at radius 1 is 1.27 bits per heavy atom. The summed E-state index contributed by atoms with van der Waals surface area (Å²) in [7, 11) is 0. The smallest absolute Gasteiger partial charge is 0.260 e. The molecule has 1 fully saturated rings. The van der Waals surface area contributed by atoms with Gasteiger partial charge in [-0.05, 0) is 69.1 Å². The minimum atomic E-state index is -0.392. The molecule has 1 amide bonds. The van der Waals surface area contributed by atoms with E-state index in [0.717, 1.165) is 62.3 Å². The maximum Gasteiger partial charge on any atom is 0.260 e. The molecule has 1 aromatic carbocycles. The van der Waals surface area contributed by atoms with Crippen LogP contribution in [0.2, 0.25) is 0 Å². The Balaban J connectivity index is 1.33. The fourth-order valence-electron chi connectivity index (χ4n) is 4.51. The van der Waals surface area contributed by atoms with Crippen LogP contribution in [0, 0.1) is 5.82 Å². The Hall–Kier alpha value is -2.77. The van der Waals surface area contributed by atoms with Gasteiger partial charge in [-0.15, -0.1) is 0 Å². The number of ether oxygens (including phenoxy) is 1. The number of aryl methyl sites for hydroxylation is 1. The monoisotopic (exact) mass is 409 g/mol. The van der Waals surface area contributed by atoms with Crippen LogP contribution in [0.15, 0.2) is 30.3 Å². The maximum atomic E-state index is 13.7. The molecule has 1 aromatic heterocycles. The molecule has 2 aromatic rings. The highest BCUT2D eigenvalue weighted by Crippen LogP contribution is 2.41. The van der Waals surface area contributed by atoms with Crippen LogP contribution in [0.25, 0.3) is 11.3 Å². The molecule has 0 bridgehead atoms. The summed E-state index contributed by atoms with van der Waals surface area (Å²) in [6.07, 6.45) is 3.57. The Bertz CT molecular complexity index is 1040. The van der Waals surface area contributed by atoms with Crippen molar-refractivity contribution in [2.75, 3.05) is 25.0 Å². The van der Waals surface area contributed by atoms with Crippen LogP contribution in [0.3, 0.4) is 0 Å². The van der Waals surface area contributed by atoms with Crippen LogP contribution in [-0.2, 0) is 22.6 Å². The number of hydrogen-bond acceptors (Lipinski definition) is 5. The second-order valence-electron chi connectivity index (χ2n) is 8.13. The highest BCUT2D eigenvalue weighted by Gasteiger charge is 2.33. The van der Waals surface area contributed by atoms with E-state index in [9.17, 15) is 14.3 Å². The molecule has 1 saturated heterocycles. The van der Waals surface area contributed by atoms with E-state index in [1.54, 1.807) is 6.07 Å². The molecular formula is C23H24FN3O3. The lowest BCUT2D eigenvalue weighted by Crippen LogP contribution is -2.38.